The van der Waals surface area contributed by atoms with E-state index in [2.05, 4.69) is 124 Å². The standard InChI is InChI=1S/C30H34BrN3/c1-3-5-21-33(22-24-16-18-27(31)19-17-24)23-28-29(25-12-8-6-9-13-25)32-30(34(28)20-4-2)26-14-10-7-11-15-26/h6-19H,3-5,20-23H2,1-2H3. The first-order valence-corrected chi connectivity index (χ1v) is 13.2. The van der Waals surface area contributed by atoms with Crippen molar-refractivity contribution in [2.45, 2.75) is 52.7 Å². The van der Waals surface area contributed by atoms with E-state index in [1.807, 2.05) is 0 Å². The van der Waals surface area contributed by atoms with Crippen LogP contribution in [0.15, 0.2) is 89.4 Å². The maximum Gasteiger partial charge on any atom is 0.140 e. The molecular weight excluding hydrogens is 482 g/mol. The molecule has 4 aromatic rings. The average Bonchev–Trinajstić information content (AvgIpc) is 3.23. The second-order valence-corrected chi connectivity index (χ2v) is 9.72. The molecule has 0 aliphatic heterocycles. The Morgan fingerprint density at radius 2 is 1.41 bits per heavy atom. The summed E-state index contributed by atoms with van der Waals surface area (Å²) in [6, 6.07) is 30.0. The van der Waals surface area contributed by atoms with Gasteiger partial charge in [0.25, 0.3) is 0 Å². The van der Waals surface area contributed by atoms with Gasteiger partial charge in [-0.15, -0.1) is 0 Å². The third-order valence-corrected chi connectivity index (χ3v) is 6.65. The van der Waals surface area contributed by atoms with Gasteiger partial charge < -0.3 is 4.57 Å². The third kappa shape index (κ3) is 6.05. The smallest absolute Gasteiger partial charge is 0.140 e. The van der Waals surface area contributed by atoms with Crippen LogP contribution in [-0.2, 0) is 19.6 Å². The lowest BCUT2D eigenvalue weighted by Gasteiger charge is -2.24. The summed E-state index contributed by atoms with van der Waals surface area (Å²) in [6.07, 6.45) is 3.44. The lowest BCUT2D eigenvalue weighted by molar-refractivity contribution is 0.246. The number of rotatable bonds is 11. The van der Waals surface area contributed by atoms with E-state index in [4.69, 9.17) is 4.98 Å². The number of nitrogens with zero attached hydrogens (tertiary/aromatic N) is 3. The van der Waals surface area contributed by atoms with Gasteiger partial charge in [0.15, 0.2) is 0 Å². The summed E-state index contributed by atoms with van der Waals surface area (Å²) >= 11 is 3.57. The highest BCUT2D eigenvalue weighted by molar-refractivity contribution is 9.10. The minimum atomic E-state index is 0.875. The molecular formula is C30H34BrN3. The van der Waals surface area contributed by atoms with Crippen molar-refractivity contribution in [3.8, 4) is 22.6 Å². The maximum atomic E-state index is 5.25. The Balaban J connectivity index is 1.77. The van der Waals surface area contributed by atoms with Gasteiger partial charge in [-0.2, -0.15) is 0 Å². The van der Waals surface area contributed by atoms with Gasteiger partial charge in [-0.3, -0.25) is 4.90 Å². The van der Waals surface area contributed by atoms with E-state index in [1.54, 1.807) is 0 Å². The molecule has 176 valence electrons. The van der Waals surface area contributed by atoms with Crippen LogP contribution in [0.5, 0.6) is 0 Å². The number of hydrogen-bond acceptors (Lipinski definition) is 2. The first kappa shape index (κ1) is 24.4. The number of benzene rings is 3. The van der Waals surface area contributed by atoms with Gasteiger partial charge in [0.1, 0.15) is 5.82 Å². The van der Waals surface area contributed by atoms with E-state index < -0.39 is 0 Å². The molecule has 0 N–H and O–H groups in total. The number of unbranched alkanes of at least 4 members (excludes halogenated alkanes) is 1. The molecule has 34 heavy (non-hydrogen) atoms. The molecule has 3 aromatic carbocycles. The van der Waals surface area contributed by atoms with E-state index >= 15 is 0 Å². The van der Waals surface area contributed by atoms with Crippen LogP contribution >= 0.6 is 15.9 Å². The topological polar surface area (TPSA) is 21.1 Å². The lowest BCUT2D eigenvalue weighted by Crippen LogP contribution is -2.26. The van der Waals surface area contributed by atoms with Gasteiger partial charge in [-0.1, -0.05) is 109 Å². The molecule has 0 radical (unpaired) electrons. The molecule has 0 atom stereocenters. The zero-order chi connectivity index (χ0) is 23.8. The molecule has 0 bridgehead atoms. The van der Waals surface area contributed by atoms with E-state index in [-0.39, 0.29) is 0 Å². The molecule has 3 nitrogen and oxygen atoms in total. The SMILES string of the molecule is CCCCN(Cc1ccc(Br)cc1)Cc1c(-c2ccccc2)nc(-c2ccccc2)n1CCC. The van der Waals surface area contributed by atoms with Crippen molar-refractivity contribution in [3.63, 3.8) is 0 Å². The van der Waals surface area contributed by atoms with Crippen LogP contribution in [0.4, 0.5) is 0 Å². The molecule has 4 rings (SSSR count). The molecule has 0 aliphatic rings. The summed E-state index contributed by atoms with van der Waals surface area (Å²) in [7, 11) is 0. The predicted octanol–water partition coefficient (Wildman–Crippen LogP) is 8.19. The van der Waals surface area contributed by atoms with E-state index in [9.17, 15) is 0 Å². The van der Waals surface area contributed by atoms with E-state index in [0.29, 0.717) is 0 Å². The largest absolute Gasteiger partial charge is 0.326 e. The Morgan fingerprint density at radius 1 is 0.765 bits per heavy atom. The Labute approximate surface area is 212 Å². The molecule has 0 spiro atoms. The molecule has 4 heteroatoms. The number of imidazole rings is 1. The van der Waals surface area contributed by atoms with Crippen LogP contribution in [0.3, 0.4) is 0 Å². The van der Waals surface area contributed by atoms with Crippen molar-refractivity contribution < 1.29 is 0 Å². The molecule has 0 saturated carbocycles. The quantitative estimate of drug-likeness (QED) is 0.200. The molecule has 1 heterocycles. The average molecular weight is 517 g/mol. The van der Waals surface area contributed by atoms with E-state index in [0.717, 1.165) is 48.6 Å². The third-order valence-electron chi connectivity index (χ3n) is 6.12. The highest BCUT2D eigenvalue weighted by atomic mass is 79.9. The monoisotopic (exact) mass is 515 g/mol. The van der Waals surface area contributed by atoms with Crippen LogP contribution in [0.25, 0.3) is 22.6 Å². The van der Waals surface area contributed by atoms with Gasteiger partial charge in [-0.25, -0.2) is 4.98 Å². The van der Waals surface area contributed by atoms with Crippen molar-refractivity contribution in [1.82, 2.24) is 14.5 Å². The zero-order valence-corrected chi connectivity index (χ0v) is 21.8. The minimum Gasteiger partial charge on any atom is -0.326 e. The van der Waals surface area contributed by atoms with Crippen LogP contribution in [0.1, 0.15) is 44.4 Å². The summed E-state index contributed by atoms with van der Waals surface area (Å²) in [5, 5.41) is 0. The number of halogens is 1. The van der Waals surface area contributed by atoms with Crippen LogP contribution < -0.4 is 0 Å². The Morgan fingerprint density at radius 3 is 2.03 bits per heavy atom. The van der Waals surface area contributed by atoms with Crippen molar-refractivity contribution in [2.75, 3.05) is 6.54 Å². The van der Waals surface area contributed by atoms with Gasteiger partial charge in [0, 0.05) is 35.2 Å². The zero-order valence-electron chi connectivity index (χ0n) is 20.3. The minimum absolute atomic E-state index is 0.875. The Kier molecular flexibility index (Phi) is 8.73. The van der Waals surface area contributed by atoms with Crippen molar-refractivity contribution >= 4 is 15.9 Å². The van der Waals surface area contributed by atoms with Gasteiger partial charge in [0.2, 0.25) is 0 Å². The highest BCUT2D eigenvalue weighted by Crippen LogP contribution is 2.31. The van der Waals surface area contributed by atoms with Gasteiger partial charge in [-0.05, 0) is 37.1 Å². The van der Waals surface area contributed by atoms with Crippen molar-refractivity contribution in [2.24, 2.45) is 0 Å². The maximum absolute atomic E-state index is 5.25. The van der Waals surface area contributed by atoms with Crippen LogP contribution in [0, 0.1) is 0 Å². The molecule has 0 unspecified atom stereocenters. The van der Waals surface area contributed by atoms with Crippen LogP contribution in [0.2, 0.25) is 0 Å². The summed E-state index contributed by atoms with van der Waals surface area (Å²) in [5.74, 6) is 1.07. The Hall–Kier alpha value is -2.69. The van der Waals surface area contributed by atoms with Crippen molar-refractivity contribution in [3.05, 3.63) is 101 Å². The molecule has 0 amide bonds. The summed E-state index contributed by atoms with van der Waals surface area (Å²) in [5.41, 5.74) is 6.10. The first-order chi connectivity index (χ1) is 16.7. The Bertz CT molecular complexity index is 1150. The number of hydrogen-bond donors (Lipinski definition) is 0. The molecule has 0 saturated heterocycles. The van der Waals surface area contributed by atoms with Crippen LogP contribution in [-0.4, -0.2) is 21.0 Å². The highest BCUT2D eigenvalue weighted by Gasteiger charge is 2.21. The fourth-order valence-corrected chi connectivity index (χ4v) is 4.67. The molecule has 1 aromatic heterocycles. The second-order valence-electron chi connectivity index (χ2n) is 8.81. The normalized spacial score (nSPS) is 11.3. The second kappa shape index (κ2) is 12.1. The summed E-state index contributed by atoms with van der Waals surface area (Å²) in [6.45, 7) is 8.34. The fraction of sp³-hybridized carbons (Fsp3) is 0.300. The molecule has 0 fully saturated rings. The molecule has 0 aliphatic carbocycles. The lowest BCUT2D eigenvalue weighted by atomic mass is 10.1. The van der Waals surface area contributed by atoms with Crippen molar-refractivity contribution in [1.29, 1.82) is 0 Å². The van der Waals surface area contributed by atoms with Gasteiger partial charge >= 0.3 is 0 Å². The van der Waals surface area contributed by atoms with Gasteiger partial charge in [0.05, 0.1) is 11.4 Å². The summed E-state index contributed by atoms with van der Waals surface area (Å²) in [4.78, 5) is 7.83. The summed E-state index contributed by atoms with van der Waals surface area (Å²) < 4.78 is 3.58. The number of aromatic nitrogens is 2. The first-order valence-electron chi connectivity index (χ1n) is 12.4. The van der Waals surface area contributed by atoms with E-state index in [1.165, 1.54) is 35.2 Å². The fourth-order valence-electron chi connectivity index (χ4n) is 4.40. The predicted molar refractivity (Wildman–Crippen MR) is 147 cm³/mol.